The minimum atomic E-state index is -3.87. The Morgan fingerprint density at radius 3 is 2.17 bits per heavy atom. The number of ketones is 1. The molecule has 0 aliphatic rings. The summed E-state index contributed by atoms with van der Waals surface area (Å²) in [5, 5.41) is 0.527. The Morgan fingerprint density at radius 2 is 1.62 bits per heavy atom. The van der Waals surface area contributed by atoms with Gasteiger partial charge in [-0.05, 0) is 32.0 Å². The van der Waals surface area contributed by atoms with Gasteiger partial charge >= 0.3 is 0 Å². The molecule has 29 heavy (non-hydrogen) atoms. The van der Waals surface area contributed by atoms with Crippen LogP contribution in [0.25, 0.3) is 10.9 Å². The van der Waals surface area contributed by atoms with Crippen molar-refractivity contribution in [1.82, 2.24) is 4.57 Å². The quantitative estimate of drug-likeness (QED) is 0.633. The van der Waals surface area contributed by atoms with Gasteiger partial charge < -0.3 is 0 Å². The Hall–Kier alpha value is -2.93. The normalized spacial score (nSPS) is 12.2. The summed E-state index contributed by atoms with van der Waals surface area (Å²) in [7, 11) is -3.87. The zero-order valence-electron chi connectivity index (χ0n) is 17.1. The van der Waals surface area contributed by atoms with Gasteiger partial charge in [-0.3, -0.25) is 18.9 Å². The average molecular weight is 413 g/mol. The Morgan fingerprint density at radius 1 is 1.00 bits per heavy atom. The van der Waals surface area contributed by atoms with Gasteiger partial charge in [0.2, 0.25) is 5.91 Å². The Bertz CT molecular complexity index is 1210. The molecule has 0 aliphatic heterocycles. The fraction of sp³-hybridized carbons (Fsp3) is 0.273. The highest BCUT2D eigenvalue weighted by atomic mass is 32.2. The number of carbonyl (C=O) groups is 2. The lowest BCUT2D eigenvalue weighted by Gasteiger charge is -2.19. The van der Waals surface area contributed by atoms with Gasteiger partial charge in [0.25, 0.3) is 10.0 Å². The smallest absolute Gasteiger partial charge is 0.261 e. The molecule has 2 aromatic carbocycles. The van der Waals surface area contributed by atoms with Crippen molar-refractivity contribution in [3.63, 3.8) is 0 Å². The third-order valence-corrected chi connectivity index (χ3v) is 6.02. The molecule has 3 rings (SSSR count). The molecule has 6 nitrogen and oxygen atoms in total. The van der Waals surface area contributed by atoms with Crippen molar-refractivity contribution in [1.29, 1.82) is 0 Å². The van der Waals surface area contributed by atoms with E-state index in [0.29, 0.717) is 16.5 Å². The lowest BCUT2D eigenvalue weighted by Crippen LogP contribution is -2.26. The van der Waals surface area contributed by atoms with E-state index in [1.54, 1.807) is 51.1 Å². The number of Topliss-reactive ketones (excluding diaryl/α,β-unsaturated/α-hetero) is 1. The average Bonchev–Trinajstić information content (AvgIpc) is 3.01. The number of nitrogens with one attached hydrogen (secondary N) is 1. The van der Waals surface area contributed by atoms with E-state index in [1.807, 2.05) is 6.92 Å². The van der Waals surface area contributed by atoms with E-state index in [9.17, 15) is 18.0 Å². The predicted octanol–water partition coefficient (Wildman–Crippen LogP) is 4.64. The number of sulfonamides is 1. The van der Waals surface area contributed by atoms with Crippen LogP contribution in [0.5, 0.6) is 0 Å². The van der Waals surface area contributed by atoms with E-state index in [-0.39, 0.29) is 22.3 Å². The Balaban J connectivity index is 2.22. The van der Waals surface area contributed by atoms with Crippen molar-refractivity contribution in [2.75, 3.05) is 4.72 Å². The van der Waals surface area contributed by atoms with Crippen LogP contribution < -0.4 is 4.72 Å². The molecule has 0 fully saturated rings. The molecule has 152 valence electrons. The van der Waals surface area contributed by atoms with E-state index in [1.165, 1.54) is 29.8 Å². The predicted molar refractivity (Wildman–Crippen MR) is 114 cm³/mol. The van der Waals surface area contributed by atoms with Gasteiger partial charge in [-0.2, -0.15) is 0 Å². The molecule has 7 heteroatoms. The number of anilines is 1. The zero-order chi connectivity index (χ0) is 21.6. The van der Waals surface area contributed by atoms with Crippen molar-refractivity contribution in [2.24, 2.45) is 5.41 Å². The molecule has 0 atom stereocenters. The van der Waals surface area contributed by atoms with Gasteiger partial charge in [-0.25, -0.2) is 8.42 Å². The van der Waals surface area contributed by atoms with Crippen LogP contribution in [0.3, 0.4) is 0 Å². The summed E-state index contributed by atoms with van der Waals surface area (Å²) in [4.78, 5) is 25.3. The van der Waals surface area contributed by atoms with E-state index in [2.05, 4.69) is 4.72 Å². The summed E-state index contributed by atoms with van der Waals surface area (Å²) in [6.07, 6.45) is 1.49. The lowest BCUT2D eigenvalue weighted by molar-refractivity contribution is 0.0772. The number of rotatable bonds is 4. The summed E-state index contributed by atoms with van der Waals surface area (Å²) in [6.45, 7) is 8.61. The second-order valence-electron chi connectivity index (χ2n) is 8.14. The van der Waals surface area contributed by atoms with Crippen molar-refractivity contribution in [3.8, 4) is 0 Å². The maximum Gasteiger partial charge on any atom is 0.261 e. The second kappa shape index (κ2) is 7.15. The van der Waals surface area contributed by atoms with Crippen LogP contribution in [-0.4, -0.2) is 24.7 Å². The monoisotopic (exact) mass is 412 g/mol. The van der Waals surface area contributed by atoms with Crippen molar-refractivity contribution >= 4 is 38.3 Å². The van der Waals surface area contributed by atoms with Crippen LogP contribution in [0.15, 0.2) is 53.6 Å². The van der Waals surface area contributed by atoms with Crippen LogP contribution in [0.1, 0.15) is 48.4 Å². The topological polar surface area (TPSA) is 85.2 Å². The number of para-hydroxylation sites is 1. The molecule has 0 unspecified atom stereocenters. The summed E-state index contributed by atoms with van der Waals surface area (Å²) >= 11 is 0. The number of aromatic nitrogens is 1. The van der Waals surface area contributed by atoms with Gasteiger partial charge in [0.15, 0.2) is 5.78 Å². The number of hydrogen-bond donors (Lipinski definition) is 1. The number of nitrogens with zero attached hydrogens (tertiary/aromatic N) is 1. The van der Waals surface area contributed by atoms with Crippen molar-refractivity contribution < 1.29 is 18.0 Å². The Kier molecular flexibility index (Phi) is 5.13. The number of benzene rings is 2. The molecular weight excluding hydrogens is 388 g/mol. The molecule has 3 aromatic rings. The highest BCUT2D eigenvalue weighted by Gasteiger charge is 2.28. The molecule has 0 amide bonds. The first kappa shape index (κ1) is 20.8. The largest absolute Gasteiger partial charge is 0.294 e. The summed E-state index contributed by atoms with van der Waals surface area (Å²) in [5.41, 5.74) is 1.21. The van der Waals surface area contributed by atoms with E-state index in [4.69, 9.17) is 0 Å². The fourth-order valence-corrected chi connectivity index (χ4v) is 4.16. The maximum atomic E-state index is 13.0. The van der Waals surface area contributed by atoms with Crippen molar-refractivity contribution in [3.05, 3.63) is 59.8 Å². The molecule has 0 spiro atoms. The van der Waals surface area contributed by atoms with Crippen LogP contribution in [0, 0.1) is 12.3 Å². The number of fused-ring (bicyclic) bond motifs is 1. The molecule has 0 saturated carbocycles. The van der Waals surface area contributed by atoms with Crippen LogP contribution in [0.4, 0.5) is 5.69 Å². The summed E-state index contributed by atoms with van der Waals surface area (Å²) in [5.74, 6) is -0.439. The maximum absolute atomic E-state index is 13.0. The summed E-state index contributed by atoms with van der Waals surface area (Å²) in [6, 6.07) is 11.4. The van der Waals surface area contributed by atoms with E-state index in [0.717, 1.165) is 5.56 Å². The third-order valence-electron chi connectivity index (χ3n) is 4.64. The first-order valence-corrected chi connectivity index (χ1v) is 10.7. The van der Waals surface area contributed by atoms with E-state index < -0.39 is 15.4 Å². The molecule has 1 N–H and O–H groups in total. The summed E-state index contributed by atoms with van der Waals surface area (Å²) < 4.78 is 29.8. The standard InChI is InChI=1S/C22H24N2O4S/c1-14-9-11-16(12-10-14)29(27,28)23-19-8-6-7-17-18(15(2)25)13-24(20(17)19)21(26)22(3,4)5/h6-13,23H,1-5H3. The van der Waals surface area contributed by atoms with Crippen LogP contribution in [-0.2, 0) is 10.0 Å². The highest BCUT2D eigenvalue weighted by Crippen LogP contribution is 2.32. The van der Waals surface area contributed by atoms with Crippen molar-refractivity contribution in [2.45, 2.75) is 39.5 Å². The van der Waals surface area contributed by atoms with Crippen LogP contribution in [0.2, 0.25) is 0 Å². The molecule has 0 aliphatic carbocycles. The van der Waals surface area contributed by atoms with Gasteiger partial charge in [0.1, 0.15) is 0 Å². The number of carbonyl (C=O) groups excluding carboxylic acids is 2. The molecule has 1 aromatic heterocycles. The Labute approximate surface area is 170 Å². The first-order valence-electron chi connectivity index (χ1n) is 9.21. The molecule has 1 heterocycles. The number of aryl methyl sites for hydroxylation is 1. The lowest BCUT2D eigenvalue weighted by atomic mass is 9.95. The van der Waals surface area contributed by atoms with Gasteiger partial charge in [-0.15, -0.1) is 0 Å². The fourth-order valence-electron chi connectivity index (χ4n) is 3.09. The van der Waals surface area contributed by atoms with Gasteiger partial charge in [0.05, 0.1) is 16.1 Å². The minimum absolute atomic E-state index is 0.118. The van der Waals surface area contributed by atoms with E-state index >= 15 is 0 Å². The molecular formula is C22H24N2O4S. The minimum Gasteiger partial charge on any atom is -0.294 e. The third kappa shape index (κ3) is 3.96. The zero-order valence-corrected chi connectivity index (χ0v) is 17.9. The highest BCUT2D eigenvalue weighted by molar-refractivity contribution is 7.92. The molecule has 0 bridgehead atoms. The SMILES string of the molecule is CC(=O)c1cn(C(=O)C(C)(C)C)c2c(NS(=O)(=O)c3ccc(C)cc3)cccc12. The first-order chi connectivity index (χ1) is 13.4. The van der Waals surface area contributed by atoms with Crippen LogP contribution >= 0.6 is 0 Å². The number of hydrogen-bond acceptors (Lipinski definition) is 4. The van der Waals surface area contributed by atoms with Gasteiger partial charge in [-0.1, -0.05) is 50.6 Å². The molecule has 0 saturated heterocycles. The molecule has 0 radical (unpaired) electrons. The van der Waals surface area contributed by atoms with Gasteiger partial charge in [0, 0.05) is 22.6 Å². The second-order valence-corrected chi connectivity index (χ2v) is 9.83.